The average molecular weight is 342 g/mol. The maximum absolute atomic E-state index is 13.3. The number of nitrogens with one attached hydrogen (secondary N) is 1. The van der Waals surface area contributed by atoms with Gasteiger partial charge in [-0.3, -0.25) is 14.7 Å². The van der Waals surface area contributed by atoms with Gasteiger partial charge in [0, 0.05) is 18.3 Å². The standard InChI is InChI=1S/C18H16F2N4O/c19-12-7-11(8-13(20)10-12)9-16(25)23-18-22-15-5-2-6-21-17(15)24(18)14-3-1-4-14/h2,5-8,10,14H,1,3-4,9H2,(H,22,23,25). The number of carbonyl (C=O) groups is 1. The lowest BCUT2D eigenvalue weighted by Gasteiger charge is -2.28. The second-order valence-corrected chi connectivity index (χ2v) is 6.24. The summed E-state index contributed by atoms with van der Waals surface area (Å²) in [5.74, 6) is -1.34. The highest BCUT2D eigenvalue weighted by molar-refractivity contribution is 5.92. The van der Waals surface area contributed by atoms with Gasteiger partial charge in [-0.25, -0.2) is 18.7 Å². The third-order valence-electron chi connectivity index (χ3n) is 4.43. The Balaban J connectivity index is 1.60. The number of fused-ring (bicyclic) bond motifs is 1. The van der Waals surface area contributed by atoms with Crippen LogP contribution in [-0.2, 0) is 11.2 Å². The number of hydrogen-bond acceptors (Lipinski definition) is 3. The van der Waals surface area contributed by atoms with E-state index in [1.165, 1.54) is 0 Å². The number of carbonyl (C=O) groups excluding carboxylic acids is 1. The van der Waals surface area contributed by atoms with E-state index in [1.54, 1.807) is 12.3 Å². The Morgan fingerprint density at radius 2 is 2.00 bits per heavy atom. The largest absolute Gasteiger partial charge is 0.296 e. The second kappa shape index (κ2) is 6.23. The first-order valence-corrected chi connectivity index (χ1v) is 8.18. The van der Waals surface area contributed by atoms with Gasteiger partial charge in [0.1, 0.15) is 17.2 Å². The Labute approximate surface area is 142 Å². The lowest BCUT2D eigenvalue weighted by Crippen LogP contribution is -2.23. The summed E-state index contributed by atoms with van der Waals surface area (Å²) in [5.41, 5.74) is 1.72. The Hall–Kier alpha value is -2.83. The summed E-state index contributed by atoms with van der Waals surface area (Å²) < 4.78 is 28.5. The van der Waals surface area contributed by atoms with Crippen LogP contribution in [0.5, 0.6) is 0 Å². The number of hydrogen-bond donors (Lipinski definition) is 1. The molecule has 0 radical (unpaired) electrons. The van der Waals surface area contributed by atoms with Crippen molar-refractivity contribution in [1.82, 2.24) is 14.5 Å². The minimum absolute atomic E-state index is 0.129. The molecule has 0 unspecified atom stereocenters. The predicted octanol–water partition coefficient (Wildman–Crippen LogP) is 3.62. The third-order valence-corrected chi connectivity index (χ3v) is 4.43. The van der Waals surface area contributed by atoms with E-state index in [1.807, 2.05) is 10.6 Å². The van der Waals surface area contributed by atoms with Crippen molar-refractivity contribution in [2.45, 2.75) is 31.7 Å². The number of pyridine rings is 1. The maximum Gasteiger partial charge on any atom is 0.231 e. The summed E-state index contributed by atoms with van der Waals surface area (Å²) in [6, 6.07) is 6.99. The van der Waals surface area contributed by atoms with Gasteiger partial charge in [-0.1, -0.05) is 0 Å². The Morgan fingerprint density at radius 3 is 2.68 bits per heavy atom. The molecule has 2 aromatic heterocycles. The van der Waals surface area contributed by atoms with Crippen molar-refractivity contribution < 1.29 is 13.6 Å². The van der Waals surface area contributed by atoms with Crippen LogP contribution in [0, 0.1) is 11.6 Å². The van der Waals surface area contributed by atoms with E-state index in [-0.39, 0.29) is 23.9 Å². The fraction of sp³-hybridized carbons (Fsp3) is 0.278. The van der Waals surface area contributed by atoms with Crippen molar-refractivity contribution in [2.75, 3.05) is 5.32 Å². The highest BCUT2D eigenvalue weighted by atomic mass is 19.1. The third kappa shape index (κ3) is 3.09. The first-order valence-electron chi connectivity index (χ1n) is 8.18. The number of amides is 1. The molecule has 1 N–H and O–H groups in total. The van der Waals surface area contributed by atoms with Gasteiger partial charge in [0.25, 0.3) is 0 Å². The minimum Gasteiger partial charge on any atom is -0.296 e. The zero-order valence-electron chi connectivity index (χ0n) is 13.4. The molecule has 5 nitrogen and oxygen atoms in total. The zero-order chi connectivity index (χ0) is 17.4. The Bertz CT molecular complexity index is 929. The number of halogens is 2. The molecule has 0 saturated heterocycles. The fourth-order valence-electron chi connectivity index (χ4n) is 3.08. The van der Waals surface area contributed by atoms with E-state index in [9.17, 15) is 13.6 Å². The summed E-state index contributed by atoms with van der Waals surface area (Å²) in [4.78, 5) is 21.2. The smallest absolute Gasteiger partial charge is 0.231 e. The van der Waals surface area contributed by atoms with Crippen molar-refractivity contribution in [3.8, 4) is 0 Å². The van der Waals surface area contributed by atoms with Crippen molar-refractivity contribution >= 4 is 23.0 Å². The summed E-state index contributed by atoms with van der Waals surface area (Å²) in [6.45, 7) is 0. The molecule has 7 heteroatoms. The summed E-state index contributed by atoms with van der Waals surface area (Å²) >= 11 is 0. The van der Waals surface area contributed by atoms with Gasteiger partial charge < -0.3 is 0 Å². The summed E-state index contributed by atoms with van der Waals surface area (Å²) in [7, 11) is 0. The molecule has 0 spiro atoms. The van der Waals surface area contributed by atoms with Crippen LogP contribution in [0.4, 0.5) is 14.7 Å². The van der Waals surface area contributed by atoms with Gasteiger partial charge in [0.2, 0.25) is 11.9 Å². The van der Waals surface area contributed by atoms with Crippen molar-refractivity contribution in [3.63, 3.8) is 0 Å². The molecule has 4 rings (SSSR count). The lowest BCUT2D eigenvalue weighted by atomic mass is 9.93. The van der Waals surface area contributed by atoms with E-state index >= 15 is 0 Å². The molecular formula is C18H16F2N4O. The average Bonchev–Trinajstić information content (AvgIpc) is 2.83. The molecular weight excluding hydrogens is 326 g/mol. The van der Waals surface area contributed by atoms with Crippen LogP contribution in [-0.4, -0.2) is 20.4 Å². The molecule has 1 amide bonds. The van der Waals surface area contributed by atoms with E-state index in [0.717, 1.165) is 43.1 Å². The number of aromatic nitrogens is 3. The van der Waals surface area contributed by atoms with Crippen LogP contribution in [0.25, 0.3) is 11.2 Å². The number of benzene rings is 1. The molecule has 1 fully saturated rings. The van der Waals surface area contributed by atoms with E-state index < -0.39 is 11.6 Å². The normalized spacial score (nSPS) is 14.5. The van der Waals surface area contributed by atoms with Gasteiger partial charge in [-0.2, -0.15) is 0 Å². The molecule has 1 aliphatic rings. The van der Waals surface area contributed by atoms with Gasteiger partial charge in [0.05, 0.1) is 6.42 Å². The van der Waals surface area contributed by atoms with E-state index in [0.29, 0.717) is 11.5 Å². The monoisotopic (exact) mass is 342 g/mol. The number of anilines is 1. The topological polar surface area (TPSA) is 59.8 Å². The van der Waals surface area contributed by atoms with Crippen molar-refractivity contribution in [2.24, 2.45) is 0 Å². The quantitative estimate of drug-likeness (QED) is 0.788. The number of nitrogens with zero attached hydrogens (tertiary/aromatic N) is 3. The lowest BCUT2D eigenvalue weighted by molar-refractivity contribution is -0.115. The first-order chi connectivity index (χ1) is 12.1. The number of imidazole rings is 1. The maximum atomic E-state index is 13.3. The van der Waals surface area contributed by atoms with Crippen LogP contribution >= 0.6 is 0 Å². The van der Waals surface area contributed by atoms with Crippen LogP contribution < -0.4 is 5.32 Å². The predicted molar refractivity (Wildman–Crippen MR) is 89.1 cm³/mol. The van der Waals surface area contributed by atoms with Crippen LogP contribution in [0.1, 0.15) is 30.9 Å². The van der Waals surface area contributed by atoms with Gasteiger partial charge in [-0.15, -0.1) is 0 Å². The highest BCUT2D eigenvalue weighted by Gasteiger charge is 2.26. The minimum atomic E-state index is -0.700. The van der Waals surface area contributed by atoms with Gasteiger partial charge in [-0.05, 0) is 49.1 Å². The molecule has 128 valence electrons. The van der Waals surface area contributed by atoms with Gasteiger partial charge in [0.15, 0.2) is 5.65 Å². The molecule has 0 aliphatic heterocycles. The Kier molecular flexibility index (Phi) is 3.91. The molecule has 1 aromatic carbocycles. The number of rotatable bonds is 4. The van der Waals surface area contributed by atoms with E-state index in [4.69, 9.17) is 0 Å². The molecule has 2 heterocycles. The van der Waals surface area contributed by atoms with Crippen LogP contribution in [0.2, 0.25) is 0 Å². The molecule has 0 atom stereocenters. The SMILES string of the molecule is O=C(Cc1cc(F)cc(F)c1)Nc1nc2cccnc2n1C1CCC1. The second-order valence-electron chi connectivity index (χ2n) is 6.24. The summed E-state index contributed by atoms with van der Waals surface area (Å²) in [5, 5.41) is 2.76. The zero-order valence-corrected chi connectivity index (χ0v) is 13.4. The molecule has 0 bridgehead atoms. The fourth-order valence-corrected chi connectivity index (χ4v) is 3.08. The molecule has 1 aliphatic carbocycles. The molecule has 25 heavy (non-hydrogen) atoms. The van der Waals surface area contributed by atoms with Crippen LogP contribution in [0.3, 0.4) is 0 Å². The van der Waals surface area contributed by atoms with Gasteiger partial charge >= 0.3 is 0 Å². The highest BCUT2D eigenvalue weighted by Crippen LogP contribution is 2.36. The van der Waals surface area contributed by atoms with E-state index in [2.05, 4.69) is 15.3 Å². The van der Waals surface area contributed by atoms with Crippen molar-refractivity contribution in [3.05, 3.63) is 53.7 Å². The molecule has 3 aromatic rings. The van der Waals surface area contributed by atoms with Crippen LogP contribution in [0.15, 0.2) is 36.5 Å². The first kappa shape index (κ1) is 15.7. The Morgan fingerprint density at radius 1 is 1.24 bits per heavy atom. The summed E-state index contributed by atoms with van der Waals surface area (Å²) in [6.07, 6.45) is 4.73. The molecule has 1 saturated carbocycles. The van der Waals surface area contributed by atoms with Crippen molar-refractivity contribution in [1.29, 1.82) is 0 Å².